The maximum atomic E-state index is 11.8. The molecule has 2 aromatic carbocycles. The molecule has 1 heterocycles. The van der Waals surface area contributed by atoms with Crippen molar-refractivity contribution in [1.29, 1.82) is 5.26 Å². The molecule has 0 unspecified atom stereocenters. The first-order valence-corrected chi connectivity index (χ1v) is 9.93. The minimum absolute atomic E-state index is 0.0990. The molecule has 31 heavy (non-hydrogen) atoms. The fourth-order valence-corrected chi connectivity index (χ4v) is 3.37. The van der Waals surface area contributed by atoms with Gasteiger partial charge < -0.3 is 10.0 Å². The molecule has 0 spiro atoms. The van der Waals surface area contributed by atoms with Gasteiger partial charge in [0.15, 0.2) is 10.8 Å². The molecule has 0 amide bonds. The zero-order valence-electron chi connectivity index (χ0n) is 17.4. The van der Waals surface area contributed by atoms with E-state index in [2.05, 4.69) is 30.9 Å². The number of phenolic OH excluding ortho intramolecular Hbond substituents is 1. The third kappa shape index (κ3) is 4.79. The number of nitrogens with zero attached hydrogens (tertiary/aromatic N) is 7. The summed E-state index contributed by atoms with van der Waals surface area (Å²) in [6, 6.07) is 11.9. The highest BCUT2D eigenvalue weighted by molar-refractivity contribution is 7.10. The number of ketones is 1. The monoisotopic (exact) mass is 433 g/mol. The van der Waals surface area contributed by atoms with Gasteiger partial charge in [0.25, 0.3) is 0 Å². The summed E-state index contributed by atoms with van der Waals surface area (Å²) >= 11 is 1.08. The molecule has 10 heteroatoms. The number of nitriles is 1. The van der Waals surface area contributed by atoms with E-state index in [1.807, 2.05) is 0 Å². The molecule has 0 radical (unpaired) electrons. The van der Waals surface area contributed by atoms with E-state index in [9.17, 15) is 15.2 Å². The average molecular weight is 433 g/mol. The molecule has 0 aliphatic carbocycles. The van der Waals surface area contributed by atoms with E-state index in [-0.39, 0.29) is 17.2 Å². The summed E-state index contributed by atoms with van der Waals surface area (Å²) in [6.45, 7) is 3.18. The maximum absolute atomic E-state index is 11.8. The van der Waals surface area contributed by atoms with Gasteiger partial charge in [-0.15, -0.1) is 20.5 Å². The van der Waals surface area contributed by atoms with Crippen molar-refractivity contribution >= 4 is 45.1 Å². The van der Waals surface area contributed by atoms with Crippen LogP contribution in [0.4, 0.5) is 27.8 Å². The Morgan fingerprint density at radius 1 is 1.10 bits per heavy atom. The number of hydrogen-bond donors (Lipinski definition) is 1. The van der Waals surface area contributed by atoms with E-state index in [0.717, 1.165) is 11.5 Å². The molecule has 0 saturated carbocycles. The summed E-state index contributed by atoms with van der Waals surface area (Å²) in [5.74, 6) is -0.234. The number of phenols is 1. The summed E-state index contributed by atoms with van der Waals surface area (Å²) in [6.07, 6.45) is 0. The minimum Gasteiger partial charge on any atom is -0.506 e. The van der Waals surface area contributed by atoms with Crippen molar-refractivity contribution in [2.75, 3.05) is 19.0 Å². The molecular formula is C21H19N7O2S. The van der Waals surface area contributed by atoms with Crippen molar-refractivity contribution < 1.29 is 9.90 Å². The van der Waals surface area contributed by atoms with Gasteiger partial charge in [-0.3, -0.25) is 4.79 Å². The molecule has 0 atom stereocenters. The Morgan fingerprint density at radius 2 is 1.77 bits per heavy atom. The zero-order valence-corrected chi connectivity index (χ0v) is 18.2. The number of carbonyl (C=O) groups is 1. The van der Waals surface area contributed by atoms with Crippen LogP contribution in [0.3, 0.4) is 0 Å². The number of azo groups is 2. The van der Waals surface area contributed by atoms with Crippen LogP contribution in [0.25, 0.3) is 0 Å². The van der Waals surface area contributed by atoms with Crippen LogP contribution in [0.2, 0.25) is 0 Å². The predicted molar refractivity (Wildman–Crippen MR) is 119 cm³/mol. The highest BCUT2D eigenvalue weighted by atomic mass is 32.1. The number of aryl methyl sites for hydroxylation is 1. The first kappa shape index (κ1) is 21.7. The standard InChI is InChI=1S/C21H19N7O2S/c1-12-15(11-22)21(31-27-12)26-24-17-9-18(20(30)10-19(17)28(3)4)25-23-16-8-6-5-7-14(16)13(2)29/h5-10,30H,1-4H3/b25-23+,26-24+. The summed E-state index contributed by atoms with van der Waals surface area (Å²) in [5, 5.41) is 36.8. The van der Waals surface area contributed by atoms with Gasteiger partial charge in [-0.25, -0.2) is 0 Å². The van der Waals surface area contributed by atoms with Crippen LogP contribution in [0.1, 0.15) is 28.5 Å². The van der Waals surface area contributed by atoms with E-state index in [0.29, 0.717) is 38.9 Å². The Morgan fingerprint density at radius 3 is 2.45 bits per heavy atom. The molecule has 0 bridgehead atoms. The van der Waals surface area contributed by atoms with Crippen LogP contribution < -0.4 is 4.90 Å². The molecule has 0 fully saturated rings. The SMILES string of the molecule is CC(=O)c1ccccc1/N=N/c1cc(/N=N/c2snc(C)c2C#N)c(N(C)C)cc1O. The molecule has 1 N–H and O–H groups in total. The lowest BCUT2D eigenvalue weighted by molar-refractivity contribution is 0.101. The molecule has 0 aliphatic rings. The second-order valence-electron chi connectivity index (χ2n) is 6.76. The van der Waals surface area contributed by atoms with Gasteiger partial charge in [0.1, 0.15) is 28.8 Å². The van der Waals surface area contributed by atoms with Gasteiger partial charge in [0.2, 0.25) is 0 Å². The lowest BCUT2D eigenvalue weighted by Crippen LogP contribution is -2.08. The lowest BCUT2D eigenvalue weighted by atomic mass is 10.1. The Balaban J connectivity index is 2.03. The van der Waals surface area contributed by atoms with Crippen molar-refractivity contribution in [3.05, 3.63) is 53.2 Å². The Hall–Kier alpha value is -3.97. The Labute approximate surface area is 183 Å². The van der Waals surface area contributed by atoms with Crippen molar-refractivity contribution in [3.63, 3.8) is 0 Å². The van der Waals surface area contributed by atoms with Gasteiger partial charge in [-0.1, -0.05) is 12.1 Å². The number of aromatic nitrogens is 1. The largest absolute Gasteiger partial charge is 0.506 e. The smallest absolute Gasteiger partial charge is 0.176 e. The first-order valence-electron chi connectivity index (χ1n) is 9.16. The zero-order chi connectivity index (χ0) is 22.5. The summed E-state index contributed by atoms with van der Waals surface area (Å²) in [5.41, 5.74) is 2.99. The van der Waals surface area contributed by atoms with E-state index in [4.69, 9.17) is 0 Å². The topological polar surface area (TPSA) is 127 Å². The number of Topliss-reactive ketones (excluding diaryl/α,β-unsaturated/α-hetero) is 1. The van der Waals surface area contributed by atoms with Crippen LogP contribution in [-0.4, -0.2) is 29.4 Å². The maximum Gasteiger partial charge on any atom is 0.176 e. The van der Waals surface area contributed by atoms with Crippen LogP contribution >= 0.6 is 11.5 Å². The fourth-order valence-electron chi connectivity index (χ4n) is 2.69. The van der Waals surface area contributed by atoms with Gasteiger partial charge in [-0.2, -0.15) is 9.64 Å². The number of rotatable bonds is 6. The van der Waals surface area contributed by atoms with Crippen LogP contribution in [0, 0.1) is 18.3 Å². The highest BCUT2D eigenvalue weighted by Gasteiger charge is 2.14. The molecule has 1 aromatic heterocycles. The third-order valence-electron chi connectivity index (χ3n) is 4.31. The van der Waals surface area contributed by atoms with E-state index < -0.39 is 0 Å². The van der Waals surface area contributed by atoms with Crippen molar-refractivity contribution in [1.82, 2.24) is 4.37 Å². The number of aromatic hydroxyl groups is 1. The molecule has 9 nitrogen and oxygen atoms in total. The van der Waals surface area contributed by atoms with E-state index in [1.54, 1.807) is 50.2 Å². The van der Waals surface area contributed by atoms with Crippen LogP contribution in [0.5, 0.6) is 5.75 Å². The summed E-state index contributed by atoms with van der Waals surface area (Å²) in [4.78, 5) is 13.5. The molecule has 156 valence electrons. The number of benzene rings is 2. The lowest BCUT2D eigenvalue weighted by Gasteiger charge is -2.15. The molecule has 3 rings (SSSR count). The third-order valence-corrected chi connectivity index (χ3v) is 5.13. The van der Waals surface area contributed by atoms with Gasteiger partial charge >= 0.3 is 0 Å². The summed E-state index contributed by atoms with van der Waals surface area (Å²) < 4.78 is 4.13. The molecular weight excluding hydrogens is 414 g/mol. The van der Waals surface area contributed by atoms with E-state index in [1.165, 1.54) is 19.1 Å². The number of anilines is 1. The first-order chi connectivity index (χ1) is 14.8. The predicted octanol–water partition coefficient (Wildman–Crippen LogP) is 6.13. The normalized spacial score (nSPS) is 11.2. The van der Waals surface area contributed by atoms with Gasteiger partial charge in [-0.05, 0) is 43.6 Å². The van der Waals surface area contributed by atoms with Gasteiger partial charge in [0.05, 0.1) is 17.1 Å². The molecule has 0 aliphatic heterocycles. The van der Waals surface area contributed by atoms with Crippen LogP contribution in [-0.2, 0) is 0 Å². The summed E-state index contributed by atoms with van der Waals surface area (Å²) in [7, 11) is 3.60. The van der Waals surface area contributed by atoms with Crippen molar-refractivity contribution in [2.24, 2.45) is 20.5 Å². The minimum atomic E-state index is -0.135. The second-order valence-corrected chi connectivity index (χ2v) is 7.51. The number of carbonyl (C=O) groups excluding carboxylic acids is 1. The highest BCUT2D eigenvalue weighted by Crippen LogP contribution is 2.41. The fraction of sp³-hybridized carbons (Fsp3) is 0.190. The van der Waals surface area contributed by atoms with Crippen molar-refractivity contribution in [3.8, 4) is 11.8 Å². The number of hydrogen-bond acceptors (Lipinski definition) is 10. The van der Waals surface area contributed by atoms with E-state index >= 15 is 0 Å². The van der Waals surface area contributed by atoms with Crippen molar-refractivity contribution in [2.45, 2.75) is 13.8 Å². The Kier molecular flexibility index (Phi) is 6.47. The van der Waals surface area contributed by atoms with Gasteiger partial charge in [0, 0.05) is 25.7 Å². The molecule has 0 saturated heterocycles. The van der Waals surface area contributed by atoms with Crippen LogP contribution in [0.15, 0.2) is 56.9 Å². The average Bonchev–Trinajstić information content (AvgIpc) is 3.11. The molecule has 3 aromatic rings. The quantitative estimate of drug-likeness (QED) is 0.369. The Bertz CT molecular complexity index is 1240. The second kappa shape index (κ2) is 9.23.